The number of aliphatic carboxylic acids is 1. The smallest absolute Gasteiger partial charge is 0.309 e. The number of aliphatic hydroxyl groups excluding tert-OH is 1. The minimum Gasteiger partial charge on any atom is -0.481 e. The molecule has 1 aliphatic carbocycles. The molecule has 2 atom stereocenters. The summed E-state index contributed by atoms with van der Waals surface area (Å²) in [7, 11) is 0. The van der Waals surface area contributed by atoms with Crippen molar-refractivity contribution in [1.82, 2.24) is 0 Å². The van der Waals surface area contributed by atoms with Crippen LogP contribution in [0.5, 0.6) is 0 Å². The first kappa shape index (κ1) is 11.5. The summed E-state index contributed by atoms with van der Waals surface area (Å²) in [6.45, 7) is 2.22. The second-order valence-corrected chi connectivity index (χ2v) is 4.61. The maximum Gasteiger partial charge on any atom is 0.309 e. The van der Waals surface area contributed by atoms with Crippen molar-refractivity contribution in [3.05, 3.63) is 0 Å². The number of carbonyl (C=O) groups is 1. The minimum atomic E-state index is -0.669. The van der Waals surface area contributed by atoms with Gasteiger partial charge in [-0.15, -0.1) is 0 Å². The largest absolute Gasteiger partial charge is 0.481 e. The van der Waals surface area contributed by atoms with E-state index in [1.165, 1.54) is 0 Å². The minimum absolute atomic E-state index is 0.101. The molecule has 3 heteroatoms. The van der Waals surface area contributed by atoms with E-state index in [1.807, 2.05) is 0 Å². The molecule has 0 amide bonds. The molecule has 82 valence electrons. The molecule has 3 nitrogen and oxygen atoms in total. The number of aliphatic hydroxyl groups is 1. The summed E-state index contributed by atoms with van der Waals surface area (Å²) in [6.07, 6.45) is 4.96. The van der Waals surface area contributed by atoms with Gasteiger partial charge in [-0.25, -0.2) is 0 Å². The molecule has 1 fully saturated rings. The molecule has 0 heterocycles. The molecule has 1 saturated carbocycles. The summed E-state index contributed by atoms with van der Waals surface area (Å²) in [4.78, 5) is 11.2. The Morgan fingerprint density at radius 2 is 2.29 bits per heavy atom. The molecule has 0 aromatic rings. The molecule has 1 rings (SSSR count). The molecule has 2 unspecified atom stereocenters. The standard InChI is InChI=1S/C11H20O3/c1-9-4-2-5-11(8-9,10(13)14)6-3-7-12/h9,12H,2-8H2,1H3,(H,13,14). The molecule has 2 N–H and O–H groups in total. The second-order valence-electron chi connectivity index (χ2n) is 4.61. The lowest BCUT2D eigenvalue weighted by Crippen LogP contribution is -2.36. The van der Waals surface area contributed by atoms with Gasteiger partial charge in [0, 0.05) is 6.61 Å². The monoisotopic (exact) mass is 200 g/mol. The van der Waals surface area contributed by atoms with E-state index in [-0.39, 0.29) is 6.61 Å². The van der Waals surface area contributed by atoms with Crippen LogP contribution in [0, 0.1) is 11.3 Å². The molecule has 0 aromatic heterocycles. The predicted octanol–water partition coefficient (Wildman–Crippen LogP) is 2.04. The molecule has 0 aliphatic heterocycles. The molecule has 0 saturated heterocycles. The van der Waals surface area contributed by atoms with E-state index in [0.29, 0.717) is 18.8 Å². The molecular weight excluding hydrogens is 180 g/mol. The summed E-state index contributed by atoms with van der Waals surface area (Å²) < 4.78 is 0. The second kappa shape index (κ2) is 4.78. The van der Waals surface area contributed by atoms with Gasteiger partial charge >= 0.3 is 5.97 Å². The Morgan fingerprint density at radius 3 is 2.79 bits per heavy atom. The Labute approximate surface area is 85.1 Å². The van der Waals surface area contributed by atoms with Crippen LogP contribution in [0.15, 0.2) is 0 Å². The van der Waals surface area contributed by atoms with Crippen LogP contribution in [0.1, 0.15) is 45.4 Å². The summed E-state index contributed by atoms with van der Waals surface area (Å²) in [5.74, 6) is -0.156. The van der Waals surface area contributed by atoms with Crippen molar-refractivity contribution in [1.29, 1.82) is 0 Å². The van der Waals surface area contributed by atoms with E-state index < -0.39 is 11.4 Å². The third kappa shape index (κ3) is 2.47. The molecule has 1 aliphatic rings. The van der Waals surface area contributed by atoms with Gasteiger partial charge in [0.15, 0.2) is 0 Å². The highest BCUT2D eigenvalue weighted by atomic mass is 16.4. The Kier molecular flexibility index (Phi) is 3.93. The van der Waals surface area contributed by atoms with Crippen molar-refractivity contribution in [3.8, 4) is 0 Å². The van der Waals surface area contributed by atoms with Gasteiger partial charge in [0.1, 0.15) is 0 Å². The van der Waals surface area contributed by atoms with Gasteiger partial charge in [0.05, 0.1) is 5.41 Å². The average molecular weight is 200 g/mol. The number of hydrogen-bond donors (Lipinski definition) is 2. The highest BCUT2D eigenvalue weighted by Crippen LogP contribution is 2.42. The van der Waals surface area contributed by atoms with Crippen molar-refractivity contribution in [2.24, 2.45) is 11.3 Å². The number of carboxylic acids is 1. The quantitative estimate of drug-likeness (QED) is 0.730. The lowest BCUT2D eigenvalue weighted by atomic mass is 9.68. The first-order chi connectivity index (χ1) is 6.60. The van der Waals surface area contributed by atoms with Crippen molar-refractivity contribution in [2.75, 3.05) is 6.61 Å². The first-order valence-corrected chi connectivity index (χ1v) is 5.45. The third-order valence-electron chi connectivity index (χ3n) is 3.36. The predicted molar refractivity (Wildman–Crippen MR) is 54.0 cm³/mol. The molecule has 14 heavy (non-hydrogen) atoms. The lowest BCUT2D eigenvalue weighted by Gasteiger charge is -2.36. The van der Waals surface area contributed by atoms with Crippen molar-refractivity contribution in [2.45, 2.75) is 45.4 Å². The Morgan fingerprint density at radius 1 is 1.57 bits per heavy atom. The zero-order chi connectivity index (χ0) is 10.6. The fourth-order valence-corrected chi connectivity index (χ4v) is 2.61. The number of hydrogen-bond acceptors (Lipinski definition) is 2. The molecule has 0 radical (unpaired) electrons. The van der Waals surface area contributed by atoms with Crippen molar-refractivity contribution < 1.29 is 15.0 Å². The topological polar surface area (TPSA) is 57.5 Å². The van der Waals surface area contributed by atoms with Gasteiger partial charge in [-0.1, -0.05) is 19.8 Å². The van der Waals surface area contributed by atoms with Crippen LogP contribution in [0.3, 0.4) is 0 Å². The maximum atomic E-state index is 11.2. The summed E-state index contributed by atoms with van der Waals surface area (Å²) in [6, 6.07) is 0. The van der Waals surface area contributed by atoms with Crippen LogP contribution in [-0.4, -0.2) is 22.8 Å². The SMILES string of the molecule is CC1CCCC(CCCO)(C(=O)O)C1. The Balaban J connectivity index is 2.65. The van der Waals surface area contributed by atoms with Crippen LogP contribution < -0.4 is 0 Å². The van der Waals surface area contributed by atoms with Gasteiger partial charge < -0.3 is 10.2 Å². The fraction of sp³-hybridized carbons (Fsp3) is 0.909. The fourth-order valence-electron chi connectivity index (χ4n) is 2.61. The zero-order valence-corrected chi connectivity index (χ0v) is 8.83. The van der Waals surface area contributed by atoms with Crippen molar-refractivity contribution in [3.63, 3.8) is 0 Å². The van der Waals surface area contributed by atoms with Crippen LogP contribution in [0.2, 0.25) is 0 Å². The number of carboxylic acid groups (broad SMARTS) is 1. The average Bonchev–Trinajstić information content (AvgIpc) is 2.14. The molecule has 0 aromatic carbocycles. The van der Waals surface area contributed by atoms with Gasteiger partial charge in [0.2, 0.25) is 0 Å². The Bertz CT molecular complexity index is 203. The van der Waals surface area contributed by atoms with Crippen LogP contribution in [-0.2, 0) is 4.79 Å². The summed E-state index contributed by atoms with van der Waals surface area (Å²) in [5, 5.41) is 18.0. The molecule has 0 bridgehead atoms. The lowest BCUT2D eigenvalue weighted by molar-refractivity contribution is -0.152. The van der Waals surface area contributed by atoms with E-state index in [9.17, 15) is 9.90 Å². The summed E-state index contributed by atoms with van der Waals surface area (Å²) in [5.41, 5.74) is -0.541. The van der Waals surface area contributed by atoms with E-state index in [4.69, 9.17) is 5.11 Å². The van der Waals surface area contributed by atoms with E-state index in [1.54, 1.807) is 0 Å². The van der Waals surface area contributed by atoms with E-state index in [2.05, 4.69) is 6.92 Å². The van der Waals surface area contributed by atoms with E-state index >= 15 is 0 Å². The maximum absolute atomic E-state index is 11.2. The first-order valence-electron chi connectivity index (χ1n) is 5.45. The van der Waals surface area contributed by atoms with Crippen molar-refractivity contribution >= 4 is 5.97 Å². The highest BCUT2D eigenvalue weighted by molar-refractivity contribution is 5.74. The summed E-state index contributed by atoms with van der Waals surface area (Å²) >= 11 is 0. The normalized spacial score (nSPS) is 32.9. The van der Waals surface area contributed by atoms with Gasteiger partial charge in [0.25, 0.3) is 0 Å². The van der Waals surface area contributed by atoms with Crippen LogP contribution >= 0.6 is 0 Å². The van der Waals surface area contributed by atoms with Gasteiger partial charge in [-0.3, -0.25) is 4.79 Å². The molecular formula is C11H20O3. The highest BCUT2D eigenvalue weighted by Gasteiger charge is 2.40. The number of rotatable bonds is 4. The van der Waals surface area contributed by atoms with Crippen LogP contribution in [0.4, 0.5) is 0 Å². The zero-order valence-electron chi connectivity index (χ0n) is 8.83. The Hall–Kier alpha value is -0.570. The third-order valence-corrected chi connectivity index (χ3v) is 3.36. The van der Waals surface area contributed by atoms with Gasteiger partial charge in [-0.2, -0.15) is 0 Å². The van der Waals surface area contributed by atoms with Gasteiger partial charge in [-0.05, 0) is 31.6 Å². The van der Waals surface area contributed by atoms with E-state index in [0.717, 1.165) is 25.7 Å². The molecule has 0 spiro atoms. The van der Waals surface area contributed by atoms with Crippen LogP contribution in [0.25, 0.3) is 0 Å².